The quantitative estimate of drug-likeness (QED) is 0.622. The van der Waals surface area contributed by atoms with E-state index in [2.05, 4.69) is 21.1 Å². The minimum atomic E-state index is -0.734. The Bertz CT molecular complexity index is 881. The van der Waals surface area contributed by atoms with Crippen LogP contribution < -0.4 is 10.9 Å². The Labute approximate surface area is 177 Å². The van der Waals surface area contributed by atoms with Crippen LogP contribution in [-0.2, 0) is 9.47 Å². The molecular formula is C21H22F2N4O4. The van der Waals surface area contributed by atoms with Gasteiger partial charge in [-0.05, 0) is 24.3 Å². The summed E-state index contributed by atoms with van der Waals surface area (Å²) in [6, 6.07) is 12.8. The van der Waals surface area contributed by atoms with E-state index in [9.17, 15) is 18.4 Å². The molecule has 1 heterocycles. The van der Waals surface area contributed by atoms with E-state index in [1.54, 1.807) is 48.5 Å². The summed E-state index contributed by atoms with van der Waals surface area (Å²) >= 11 is 0. The third kappa shape index (κ3) is 6.08. The zero-order valence-corrected chi connectivity index (χ0v) is 15.7. The van der Waals surface area contributed by atoms with Crippen LogP contribution in [0.4, 0.5) is 8.78 Å². The van der Waals surface area contributed by atoms with Crippen LogP contribution in [0.3, 0.4) is 0 Å². The maximum absolute atomic E-state index is 12.1. The molecule has 0 aromatic heterocycles. The van der Waals surface area contributed by atoms with Crippen LogP contribution in [0, 0.1) is 0 Å². The van der Waals surface area contributed by atoms with E-state index < -0.39 is 25.3 Å². The molecule has 0 bridgehead atoms. The van der Waals surface area contributed by atoms with Crippen molar-refractivity contribution in [2.75, 3.05) is 26.6 Å². The van der Waals surface area contributed by atoms with Crippen LogP contribution in [0.5, 0.6) is 0 Å². The lowest BCUT2D eigenvalue weighted by atomic mass is 10.1. The van der Waals surface area contributed by atoms with Crippen molar-refractivity contribution in [2.45, 2.75) is 7.43 Å². The largest absolute Gasteiger partial charge is 0.459 e. The average molecular weight is 432 g/mol. The molecule has 0 atom stereocenters. The molecule has 164 valence electrons. The zero-order valence-electron chi connectivity index (χ0n) is 15.7. The molecule has 31 heavy (non-hydrogen) atoms. The molecule has 0 spiro atoms. The highest BCUT2D eigenvalue weighted by Gasteiger charge is 2.14. The number of esters is 2. The molecule has 1 aliphatic rings. The molecule has 0 amide bonds. The van der Waals surface area contributed by atoms with Gasteiger partial charge in [-0.25, -0.2) is 18.4 Å². The summed E-state index contributed by atoms with van der Waals surface area (Å²) in [7, 11) is 0. The minimum absolute atomic E-state index is 0. The minimum Gasteiger partial charge on any atom is -0.459 e. The first-order valence-electron chi connectivity index (χ1n) is 8.97. The lowest BCUT2D eigenvalue weighted by Gasteiger charge is -2.15. The Morgan fingerprint density at radius 2 is 1.06 bits per heavy atom. The molecule has 0 saturated heterocycles. The van der Waals surface area contributed by atoms with Crippen molar-refractivity contribution in [3.8, 4) is 0 Å². The number of ether oxygens (including phenoxy) is 2. The highest BCUT2D eigenvalue weighted by atomic mass is 19.1. The molecule has 8 nitrogen and oxygen atoms in total. The summed E-state index contributed by atoms with van der Waals surface area (Å²) < 4.78 is 33.6. The zero-order chi connectivity index (χ0) is 21.3. The first kappa shape index (κ1) is 23.5. The van der Waals surface area contributed by atoms with E-state index in [0.717, 1.165) is 0 Å². The van der Waals surface area contributed by atoms with Crippen molar-refractivity contribution in [1.82, 2.24) is 10.9 Å². The summed E-state index contributed by atoms with van der Waals surface area (Å²) in [4.78, 5) is 23.4. The van der Waals surface area contributed by atoms with Crippen molar-refractivity contribution in [1.29, 1.82) is 0 Å². The van der Waals surface area contributed by atoms with Crippen LogP contribution >= 0.6 is 0 Å². The van der Waals surface area contributed by atoms with Gasteiger partial charge in [0, 0.05) is 11.1 Å². The number of alkyl halides is 2. The van der Waals surface area contributed by atoms with Gasteiger partial charge in [0.2, 0.25) is 0 Å². The van der Waals surface area contributed by atoms with Gasteiger partial charge in [-0.15, -0.1) is 0 Å². The van der Waals surface area contributed by atoms with Crippen LogP contribution in [0.25, 0.3) is 0 Å². The number of carbonyl (C=O) groups excluding carboxylic acids is 2. The summed E-state index contributed by atoms with van der Waals surface area (Å²) in [6.07, 6.45) is 0. The second-order valence-electron chi connectivity index (χ2n) is 5.95. The molecule has 0 saturated carbocycles. The van der Waals surface area contributed by atoms with E-state index in [4.69, 9.17) is 9.47 Å². The monoisotopic (exact) mass is 432 g/mol. The van der Waals surface area contributed by atoms with E-state index in [0.29, 0.717) is 33.9 Å². The summed E-state index contributed by atoms with van der Waals surface area (Å²) in [5.74, 6) is -0.357. The first-order valence-corrected chi connectivity index (χ1v) is 8.97. The highest BCUT2D eigenvalue weighted by molar-refractivity contribution is 6.06. The summed E-state index contributed by atoms with van der Waals surface area (Å²) in [6.45, 7) is -2.03. The van der Waals surface area contributed by atoms with Crippen molar-refractivity contribution in [3.05, 3.63) is 70.8 Å². The highest BCUT2D eigenvalue weighted by Crippen LogP contribution is 2.10. The SMILES string of the molecule is C.O=C(OCCF)c1ccc(C2=NNC(c3ccc(C(=O)OCCF)cc3)=NN2)cc1. The van der Waals surface area contributed by atoms with Crippen molar-refractivity contribution in [3.63, 3.8) is 0 Å². The Kier molecular flexibility index (Phi) is 8.62. The number of halogens is 2. The van der Waals surface area contributed by atoms with Gasteiger partial charge < -0.3 is 9.47 Å². The standard InChI is InChI=1S/C20H18F2N4O4.CH4/c21-9-11-29-19(27)15-5-1-13(2-6-15)17-23-25-18(26-24-17)14-3-7-16(8-4-14)20(28)30-12-10-22;/h1-8H,9-12H2,(H,23,24)(H,25,26);1H4. The van der Waals surface area contributed by atoms with Gasteiger partial charge in [0.25, 0.3) is 0 Å². The fourth-order valence-corrected chi connectivity index (χ4v) is 2.48. The Morgan fingerprint density at radius 3 is 1.35 bits per heavy atom. The lowest BCUT2D eigenvalue weighted by Crippen LogP contribution is -2.34. The Morgan fingerprint density at radius 1 is 0.710 bits per heavy atom. The Balaban J connectivity index is 0.00000341. The molecule has 0 radical (unpaired) electrons. The van der Waals surface area contributed by atoms with Gasteiger partial charge in [-0.2, -0.15) is 10.2 Å². The second-order valence-corrected chi connectivity index (χ2v) is 5.95. The summed E-state index contributed by atoms with van der Waals surface area (Å²) in [5, 5.41) is 8.41. The van der Waals surface area contributed by atoms with E-state index in [-0.39, 0.29) is 20.6 Å². The fraction of sp³-hybridized carbons (Fsp3) is 0.238. The number of hydrogen-bond acceptors (Lipinski definition) is 8. The number of nitrogens with one attached hydrogen (secondary N) is 2. The molecule has 2 aromatic rings. The van der Waals surface area contributed by atoms with Crippen LogP contribution in [0.15, 0.2) is 58.7 Å². The number of hydrazone groups is 2. The first-order chi connectivity index (χ1) is 14.6. The van der Waals surface area contributed by atoms with Crippen molar-refractivity contribution in [2.24, 2.45) is 10.2 Å². The number of hydrogen-bond donors (Lipinski definition) is 2. The molecule has 0 aliphatic carbocycles. The topological polar surface area (TPSA) is 101 Å². The second kappa shape index (κ2) is 11.4. The molecule has 0 unspecified atom stereocenters. The van der Waals surface area contributed by atoms with E-state index in [1.165, 1.54) is 0 Å². The van der Waals surface area contributed by atoms with E-state index in [1.807, 2.05) is 0 Å². The normalized spacial score (nSPS) is 12.3. The predicted molar refractivity (Wildman–Crippen MR) is 111 cm³/mol. The van der Waals surface area contributed by atoms with Crippen molar-refractivity contribution >= 4 is 23.6 Å². The molecule has 0 fully saturated rings. The molecular weight excluding hydrogens is 410 g/mol. The van der Waals surface area contributed by atoms with Gasteiger partial charge >= 0.3 is 11.9 Å². The molecule has 10 heteroatoms. The smallest absolute Gasteiger partial charge is 0.338 e. The van der Waals surface area contributed by atoms with Crippen molar-refractivity contribution < 1.29 is 27.8 Å². The van der Waals surface area contributed by atoms with Gasteiger partial charge in [0.15, 0.2) is 11.7 Å². The molecule has 1 aliphatic heterocycles. The number of carbonyl (C=O) groups is 2. The molecule has 2 aromatic carbocycles. The number of rotatable bonds is 8. The lowest BCUT2D eigenvalue weighted by molar-refractivity contribution is 0.0473. The number of nitrogens with zero attached hydrogens (tertiary/aromatic N) is 2. The van der Waals surface area contributed by atoms with Crippen LogP contribution in [0.1, 0.15) is 39.3 Å². The van der Waals surface area contributed by atoms with Gasteiger partial charge in [-0.3, -0.25) is 10.9 Å². The van der Waals surface area contributed by atoms with E-state index >= 15 is 0 Å². The third-order valence-electron chi connectivity index (χ3n) is 3.96. The third-order valence-corrected chi connectivity index (χ3v) is 3.96. The van der Waals surface area contributed by atoms with Crippen LogP contribution in [-0.4, -0.2) is 50.2 Å². The fourth-order valence-electron chi connectivity index (χ4n) is 2.48. The van der Waals surface area contributed by atoms with Gasteiger partial charge in [-0.1, -0.05) is 31.7 Å². The predicted octanol–water partition coefficient (Wildman–Crippen LogP) is 2.79. The molecule has 3 rings (SSSR count). The van der Waals surface area contributed by atoms with Gasteiger partial charge in [0.1, 0.15) is 26.6 Å². The number of amidine groups is 2. The van der Waals surface area contributed by atoms with Gasteiger partial charge in [0.05, 0.1) is 11.1 Å². The number of benzene rings is 2. The Hall–Kier alpha value is -3.82. The average Bonchev–Trinajstić information content (AvgIpc) is 2.81. The molecule has 2 N–H and O–H groups in total. The maximum atomic E-state index is 12.1. The maximum Gasteiger partial charge on any atom is 0.338 e. The summed E-state index contributed by atoms with van der Waals surface area (Å²) in [5.41, 5.74) is 7.54. The van der Waals surface area contributed by atoms with Crippen LogP contribution in [0.2, 0.25) is 0 Å².